The van der Waals surface area contributed by atoms with E-state index in [2.05, 4.69) is 10.6 Å². The Morgan fingerprint density at radius 3 is 2.45 bits per heavy atom. The summed E-state index contributed by atoms with van der Waals surface area (Å²) in [6.07, 6.45) is 1.16. The van der Waals surface area contributed by atoms with Gasteiger partial charge in [-0.25, -0.2) is 8.42 Å². The molecule has 20 heavy (non-hydrogen) atoms. The number of amides is 1. The van der Waals surface area contributed by atoms with Gasteiger partial charge in [0.05, 0.1) is 18.0 Å². The lowest BCUT2D eigenvalue weighted by atomic mass is 10.2. The number of benzene rings is 1. The molecule has 0 saturated carbocycles. The standard InChI is InChI=1S/C13H20N2O4S/c1-19-8-7-14-10-13(16)15-9-11-3-5-12(6-4-11)20(2,17)18/h3-6,14H,7-10H2,1-2H3,(H,15,16). The summed E-state index contributed by atoms with van der Waals surface area (Å²) in [6.45, 7) is 1.77. The molecule has 0 radical (unpaired) electrons. The lowest BCUT2D eigenvalue weighted by molar-refractivity contribution is -0.120. The van der Waals surface area contributed by atoms with E-state index in [0.717, 1.165) is 11.8 Å². The highest BCUT2D eigenvalue weighted by molar-refractivity contribution is 7.90. The largest absolute Gasteiger partial charge is 0.383 e. The summed E-state index contributed by atoms with van der Waals surface area (Å²) in [5, 5.41) is 5.68. The monoisotopic (exact) mass is 300 g/mol. The van der Waals surface area contributed by atoms with Gasteiger partial charge in [-0.05, 0) is 17.7 Å². The molecule has 0 aliphatic carbocycles. The van der Waals surface area contributed by atoms with Crippen molar-refractivity contribution >= 4 is 15.7 Å². The van der Waals surface area contributed by atoms with Gasteiger partial charge in [0.15, 0.2) is 9.84 Å². The van der Waals surface area contributed by atoms with Crippen LogP contribution in [-0.2, 0) is 25.9 Å². The Bertz CT molecular complexity index is 526. The number of hydrogen-bond donors (Lipinski definition) is 2. The molecule has 1 aromatic carbocycles. The number of nitrogens with one attached hydrogen (secondary N) is 2. The Morgan fingerprint density at radius 2 is 1.90 bits per heavy atom. The summed E-state index contributed by atoms with van der Waals surface area (Å²) in [5.74, 6) is -0.117. The zero-order valence-corrected chi connectivity index (χ0v) is 12.5. The Hall–Kier alpha value is -1.44. The summed E-state index contributed by atoms with van der Waals surface area (Å²) in [5.41, 5.74) is 0.850. The first kappa shape index (κ1) is 16.6. The van der Waals surface area contributed by atoms with Crippen molar-refractivity contribution < 1.29 is 17.9 Å². The minimum Gasteiger partial charge on any atom is -0.383 e. The summed E-state index contributed by atoms with van der Waals surface area (Å²) < 4.78 is 27.4. The van der Waals surface area contributed by atoms with Gasteiger partial charge < -0.3 is 15.4 Å². The number of rotatable bonds is 8. The van der Waals surface area contributed by atoms with Crippen molar-refractivity contribution in [3.63, 3.8) is 0 Å². The van der Waals surface area contributed by atoms with Crippen molar-refractivity contribution in [1.29, 1.82) is 0 Å². The van der Waals surface area contributed by atoms with Gasteiger partial charge in [-0.3, -0.25) is 4.79 Å². The normalized spacial score (nSPS) is 11.3. The maximum atomic E-state index is 11.5. The number of carbonyl (C=O) groups excluding carboxylic acids is 1. The van der Waals surface area contributed by atoms with Crippen LogP contribution in [0, 0.1) is 0 Å². The van der Waals surface area contributed by atoms with Crippen LogP contribution in [0.25, 0.3) is 0 Å². The molecule has 0 bridgehead atoms. The first-order valence-electron chi connectivity index (χ1n) is 6.19. The van der Waals surface area contributed by atoms with E-state index in [-0.39, 0.29) is 17.3 Å². The molecule has 0 atom stereocenters. The predicted molar refractivity (Wildman–Crippen MR) is 76.1 cm³/mol. The molecule has 0 saturated heterocycles. The highest BCUT2D eigenvalue weighted by atomic mass is 32.2. The molecule has 0 aromatic heterocycles. The molecule has 1 amide bonds. The van der Waals surface area contributed by atoms with Crippen molar-refractivity contribution in [2.45, 2.75) is 11.4 Å². The summed E-state index contributed by atoms with van der Waals surface area (Å²) >= 11 is 0. The van der Waals surface area contributed by atoms with Gasteiger partial charge >= 0.3 is 0 Å². The van der Waals surface area contributed by atoms with E-state index in [1.807, 2.05) is 0 Å². The maximum absolute atomic E-state index is 11.5. The van der Waals surface area contributed by atoms with E-state index in [9.17, 15) is 13.2 Å². The van der Waals surface area contributed by atoms with E-state index in [0.29, 0.717) is 19.7 Å². The van der Waals surface area contributed by atoms with E-state index < -0.39 is 9.84 Å². The molecule has 0 heterocycles. The lowest BCUT2D eigenvalue weighted by Gasteiger charge is -2.07. The van der Waals surface area contributed by atoms with Crippen molar-refractivity contribution in [1.82, 2.24) is 10.6 Å². The predicted octanol–water partition coefficient (Wildman–Crippen LogP) is -0.0577. The van der Waals surface area contributed by atoms with Crippen LogP contribution in [0.3, 0.4) is 0 Å². The van der Waals surface area contributed by atoms with E-state index in [1.54, 1.807) is 19.2 Å². The zero-order chi connectivity index (χ0) is 15.0. The summed E-state index contributed by atoms with van der Waals surface area (Å²) in [4.78, 5) is 11.8. The fourth-order valence-electron chi connectivity index (χ4n) is 1.49. The molecule has 6 nitrogen and oxygen atoms in total. The zero-order valence-electron chi connectivity index (χ0n) is 11.7. The fraction of sp³-hybridized carbons (Fsp3) is 0.462. The number of methoxy groups -OCH3 is 1. The van der Waals surface area contributed by atoms with Crippen LogP contribution in [0.2, 0.25) is 0 Å². The quantitative estimate of drug-likeness (QED) is 0.657. The van der Waals surface area contributed by atoms with Crippen LogP contribution in [0.4, 0.5) is 0 Å². The van der Waals surface area contributed by atoms with Crippen molar-refractivity contribution in [3.8, 4) is 0 Å². The van der Waals surface area contributed by atoms with Gasteiger partial charge in [0.1, 0.15) is 0 Å². The first-order valence-corrected chi connectivity index (χ1v) is 8.08. The number of ether oxygens (including phenoxy) is 1. The molecule has 0 aliphatic rings. The van der Waals surface area contributed by atoms with Gasteiger partial charge in [-0.15, -0.1) is 0 Å². The Labute approximate surface area is 119 Å². The minimum atomic E-state index is -3.18. The van der Waals surface area contributed by atoms with E-state index >= 15 is 0 Å². The average Bonchev–Trinajstić information content (AvgIpc) is 2.41. The van der Waals surface area contributed by atoms with E-state index in [1.165, 1.54) is 12.1 Å². The summed E-state index contributed by atoms with van der Waals surface area (Å²) in [6, 6.07) is 6.45. The molecule has 0 aliphatic heterocycles. The van der Waals surface area contributed by atoms with Crippen molar-refractivity contribution in [3.05, 3.63) is 29.8 Å². The number of sulfone groups is 1. The van der Waals surface area contributed by atoms with Gasteiger partial charge in [-0.2, -0.15) is 0 Å². The highest BCUT2D eigenvalue weighted by Gasteiger charge is 2.06. The van der Waals surface area contributed by atoms with Crippen molar-refractivity contribution in [2.24, 2.45) is 0 Å². The van der Waals surface area contributed by atoms with Crippen LogP contribution >= 0.6 is 0 Å². The smallest absolute Gasteiger partial charge is 0.234 e. The van der Waals surface area contributed by atoms with Gasteiger partial charge in [0, 0.05) is 26.5 Å². The molecular formula is C13H20N2O4S. The third-order valence-corrected chi connectivity index (χ3v) is 3.74. The van der Waals surface area contributed by atoms with Gasteiger partial charge in [0.2, 0.25) is 5.91 Å². The molecule has 7 heteroatoms. The molecule has 0 spiro atoms. The van der Waals surface area contributed by atoms with Crippen LogP contribution in [0.15, 0.2) is 29.2 Å². The third-order valence-electron chi connectivity index (χ3n) is 2.61. The minimum absolute atomic E-state index is 0.117. The first-order chi connectivity index (χ1) is 9.43. The number of hydrogen-bond acceptors (Lipinski definition) is 5. The Kier molecular flexibility index (Phi) is 6.63. The second-order valence-electron chi connectivity index (χ2n) is 4.36. The average molecular weight is 300 g/mol. The molecule has 2 N–H and O–H groups in total. The Morgan fingerprint density at radius 1 is 1.25 bits per heavy atom. The molecule has 0 fully saturated rings. The van der Waals surface area contributed by atoms with Crippen LogP contribution in [0.5, 0.6) is 0 Å². The second-order valence-corrected chi connectivity index (χ2v) is 6.38. The molecule has 1 rings (SSSR count). The van der Waals surface area contributed by atoms with Gasteiger partial charge in [0.25, 0.3) is 0 Å². The third kappa shape index (κ3) is 6.14. The number of carbonyl (C=O) groups is 1. The van der Waals surface area contributed by atoms with E-state index in [4.69, 9.17) is 4.74 Å². The molecule has 112 valence electrons. The maximum Gasteiger partial charge on any atom is 0.234 e. The Balaban J connectivity index is 2.37. The molecule has 0 unspecified atom stereocenters. The SMILES string of the molecule is COCCNCC(=O)NCc1ccc(S(C)(=O)=O)cc1. The van der Waals surface area contributed by atoms with Crippen LogP contribution < -0.4 is 10.6 Å². The van der Waals surface area contributed by atoms with Crippen LogP contribution in [-0.4, -0.2) is 47.4 Å². The lowest BCUT2D eigenvalue weighted by Crippen LogP contribution is -2.34. The highest BCUT2D eigenvalue weighted by Crippen LogP contribution is 2.09. The van der Waals surface area contributed by atoms with Gasteiger partial charge in [-0.1, -0.05) is 12.1 Å². The second kappa shape index (κ2) is 7.98. The molecule has 1 aromatic rings. The topological polar surface area (TPSA) is 84.5 Å². The fourth-order valence-corrected chi connectivity index (χ4v) is 2.12. The molecular weight excluding hydrogens is 280 g/mol. The summed E-state index contributed by atoms with van der Waals surface area (Å²) in [7, 11) is -1.58. The van der Waals surface area contributed by atoms with Crippen molar-refractivity contribution in [2.75, 3.05) is 33.1 Å². The van der Waals surface area contributed by atoms with Crippen LogP contribution in [0.1, 0.15) is 5.56 Å².